The third kappa shape index (κ3) is 2.83. The van der Waals surface area contributed by atoms with Crippen LogP contribution in [-0.4, -0.2) is 35.8 Å². The minimum atomic E-state index is -2.48. The van der Waals surface area contributed by atoms with E-state index in [2.05, 4.69) is 9.97 Å². The molecule has 0 amide bonds. The molecular formula is C8H11F2N5. The second-order valence-electron chi connectivity index (χ2n) is 2.91. The molecule has 1 aromatic heterocycles. The zero-order valence-electron chi connectivity index (χ0n) is 8.11. The summed E-state index contributed by atoms with van der Waals surface area (Å²) < 4.78 is 24.3. The summed E-state index contributed by atoms with van der Waals surface area (Å²) in [4.78, 5) is 8.89. The maximum absolute atomic E-state index is 12.1. The molecular weight excluding hydrogens is 204 g/mol. The molecule has 0 aromatic carbocycles. The number of aromatic nitrogens is 2. The van der Waals surface area contributed by atoms with Crippen molar-refractivity contribution in [3.63, 3.8) is 0 Å². The van der Waals surface area contributed by atoms with E-state index in [1.165, 1.54) is 24.3 Å². The van der Waals surface area contributed by atoms with Gasteiger partial charge < -0.3 is 10.6 Å². The predicted molar refractivity (Wildman–Crippen MR) is 52.3 cm³/mol. The van der Waals surface area contributed by atoms with Crippen molar-refractivity contribution in [1.82, 2.24) is 9.97 Å². The molecule has 0 unspecified atom stereocenters. The maximum atomic E-state index is 12.1. The lowest BCUT2D eigenvalue weighted by Crippen LogP contribution is -2.28. The highest BCUT2D eigenvalue weighted by molar-refractivity contribution is 5.97. The van der Waals surface area contributed by atoms with Crippen LogP contribution in [0.5, 0.6) is 0 Å². The molecule has 0 saturated heterocycles. The number of halogens is 2. The number of amidine groups is 1. The van der Waals surface area contributed by atoms with Crippen LogP contribution in [0.15, 0.2) is 12.4 Å². The van der Waals surface area contributed by atoms with Gasteiger partial charge in [-0.2, -0.15) is 0 Å². The Labute approximate surface area is 85.4 Å². The minimum absolute atomic E-state index is 0.112. The monoisotopic (exact) mass is 215 g/mol. The summed E-state index contributed by atoms with van der Waals surface area (Å²) in [5.41, 5.74) is 5.36. The lowest BCUT2D eigenvalue weighted by Gasteiger charge is -2.19. The Morgan fingerprint density at radius 1 is 1.53 bits per heavy atom. The standard InChI is InChI=1S/C8H11F2N5/c1-15(4-5(9)10)8-6(7(11)12)13-2-3-14-8/h2-3,5H,4H2,1H3,(H3,11,12). The fourth-order valence-corrected chi connectivity index (χ4v) is 1.09. The molecule has 7 heteroatoms. The topological polar surface area (TPSA) is 78.9 Å². The summed E-state index contributed by atoms with van der Waals surface area (Å²) in [6, 6.07) is 0. The maximum Gasteiger partial charge on any atom is 0.255 e. The van der Waals surface area contributed by atoms with Crippen molar-refractivity contribution in [3.8, 4) is 0 Å². The van der Waals surface area contributed by atoms with Gasteiger partial charge in [-0.25, -0.2) is 18.7 Å². The third-order valence-electron chi connectivity index (χ3n) is 1.71. The molecule has 1 heterocycles. The number of rotatable bonds is 4. The highest BCUT2D eigenvalue weighted by Gasteiger charge is 2.15. The Kier molecular flexibility index (Phi) is 3.48. The summed E-state index contributed by atoms with van der Waals surface area (Å²) in [6.07, 6.45) is 0.247. The number of anilines is 1. The van der Waals surface area contributed by atoms with Gasteiger partial charge in [-0.3, -0.25) is 5.41 Å². The molecule has 0 atom stereocenters. The highest BCUT2D eigenvalue weighted by Crippen LogP contribution is 2.13. The Morgan fingerprint density at radius 3 is 2.67 bits per heavy atom. The lowest BCUT2D eigenvalue weighted by atomic mass is 10.3. The molecule has 0 fully saturated rings. The van der Waals surface area contributed by atoms with E-state index in [-0.39, 0.29) is 17.3 Å². The minimum Gasteiger partial charge on any atom is -0.382 e. The predicted octanol–water partition coefficient (Wildman–Crippen LogP) is 0.462. The van der Waals surface area contributed by atoms with Gasteiger partial charge >= 0.3 is 0 Å². The largest absolute Gasteiger partial charge is 0.382 e. The molecule has 0 aliphatic carbocycles. The molecule has 15 heavy (non-hydrogen) atoms. The van der Waals surface area contributed by atoms with Crippen molar-refractivity contribution < 1.29 is 8.78 Å². The van der Waals surface area contributed by atoms with Crippen molar-refractivity contribution >= 4 is 11.7 Å². The number of alkyl halides is 2. The quantitative estimate of drug-likeness (QED) is 0.565. The zero-order valence-corrected chi connectivity index (χ0v) is 8.11. The first-order valence-corrected chi connectivity index (χ1v) is 4.17. The van der Waals surface area contributed by atoms with E-state index in [9.17, 15) is 8.78 Å². The third-order valence-corrected chi connectivity index (χ3v) is 1.71. The lowest BCUT2D eigenvalue weighted by molar-refractivity contribution is 0.156. The van der Waals surface area contributed by atoms with Crippen LogP contribution in [0, 0.1) is 5.41 Å². The summed E-state index contributed by atoms with van der Waals surface area (Å²) in [6.45, 7) is -0.473. The van der Waals surface area contributed by atoms with Gasteiger partial charge in [0, 0.05) is 19.4 Å². The average Bonchev–Trinajstić information content (AvgIpc) is 2.16. The number of nitrogens with zero attached hydrogens (tertiary/aromatic N) is 3. The number of hydrogen-bond donors (Lipinski definition) is 2. The van der Waals surface area contributed by atoms with Gasteiger partial charge in [-0.15, -0.1) is 0 Å². The van der Waals surface area contributed by atoms with Gasteiger partial charge in [0.05, 0.1) is 6.54 Å². The number of hydrogen-bond acceptors (Lipinski definition) is 4. The second kappa shape index (κ2) is 4.63. The van der Waals surface area contributed by atoms with E-state index in [1.807, 2.05) is 0 Å². The van der Waals surface area contributed by atoms with E-state index in [0.29, 0.717) is 0 Å². The second-order valence-corrected chi connectivity index (χ2v) is 2.91. The molecule has 3 N–H and O–H groups in total. The van der Waals surface area contributed by atoms with Crippen LogP contribution in [0.4, 0.5) is 14.6 Å². The van der Waals surface area contributed by atoms with Gasteiger partial charge in [-0.1, -0.05) is 0 Å². The number of nitrogens with one attached hydrogen (secondary N) is 1. The summed E-state index contributed by atoms with van der Waals surface area (Å²) in [5.74, 6) is -0.107. The Hall–Kier alpha value is -1.79. The van der Waals surface area contributed by atoms with Gasteiger partial charge in [0.25, 0.3) is 6.43 Å². The van der Waals surface area contributed by atoms with Gasteiger partial charge in [-0.05, 0) is 0 Å². The molecule has 1 aromatic rings. The first-order valence-electron chi connectivity index (χ1n) is 4.17. The first-order chi connectivity index (χ1) is 7.02. The van der Waals surface area contributed by atoms with E-state index in [1.54, 1.807) is 0 Å². The van der Waals surface area contributed by atoms with Crippen molar-refractivity contribution in [2.75, 3.05) is 18.5 Å². The molecule has 1 rings (SSSR count). The van der Waals surface area contributed by atoms with Crippen molar-refractivity contribution in [1.29, 1.82) is 5.41 Å². The Balaban J connectivity index is 2.97. The van der Waals surface area contributed by atoms with Crippen molar-refractivity contribution in [2.45, 2.75) is 6.43 Å². The average molecular weight is 215 g/mol. The highest BCUT2D eigenvalue weighted by atomic mass is 19.3. The van der Waals surface area contributed by atoms with E-state index >= 15 is 0 Å². The zero-order chi connectivity index (χ0) is 11.4. The Morgan fingerprint density at radius 2 is 2.13 bits per heavy atom. The van der Waals surface area contributed by atoms with Crippen LogP contribution in [0.2, 0.25) is 0 Å². The van der Waals surface area contributed by atoms with Gasteiger partial charge in [0.15, 0.2) is 5.82 Å². The van der Waals surface area contributed by atoms with Gasteiger partial charge in [0.1, 0.15) is 11.5 Å². The molecule has 0 bridgehead atoms. The Bertz CT molecular complexity index is 355. The fraction of sp³-hybridized carbons (Fsp3) is 0.375. The van der Waals surface area contributed by atoms with Crippen LogP contribution in [-0.2, 0) is 0 Å². The number of nitrogen functional groups attached to an aromatic ring is 1. The summed E-state index contributed by atoms with van der Waals surface area (Å²) >= 11 is 0. The smallest absolute Gasteiger partial charge is 0.255 e. The van der Waals surface area contributed by atoms with E-state index in [0.717, 1.165) is 0 Å². The van der Waals surface area contributed by atoms with Crippen LogP contribution in [0.3, 0.4) is 0 Å². The summed E-state index contributed by atoms with van der Waals surface area (Å²) in [5, 5.41) is 7.21. The molecule has 0 aliphatic heterocycles. The number of nitrogens with two attached hydrogens (primary N) is 1. The molecule has 0 radical (unpaired) electrons. The SMILES string of the molecule is CN(CC(F)F)c1nccnc1C(=N)N. The molecule has 82 valence electrons. The van der Waals surface area contributed by atoms with Crippen LogP contribution in [0.1, 0.15) is 5.69 Å². The first kappa shape index (κ1) is 11.3. The van der Waals surface area contributed by atoms with Crippen LogP contribution >= 0.6 is 0 Å². The van der Waals surface area contributed by atoms with Gasteiger partial charge in [0.2, 0.25) is 0 Å². The fourth-order valence-electron chi connectivity index (χ4n) is 1.09. The van der Waals surface area contributed by atoms with Crippen LogP contribution in [0.25, 0.3) is 0 Å². The van der Waals surface area contributed by atoms with Crippen LogP contribution < -0.4 is 10.6 Å². The molecule has 0 spiro atoms. The van der Waals surface area contributed by atoms with E-state index < -0.39 is 13.0 Å². The molecule has 0 aliphatic rings. The van der Waals surface area contributed by atoms with E-state index in [4.69, 9.17) is 11.1 Å². The normalized spacial score (nSPS) is 10.4. The molecule has 0 saturated carbocycles. The summed E-state index contributed by atoms with van der Waals surface area (Å²) in [7, 11) is 1.45. The molecule has 5 nitrogen and oxygen atoms in total. The van der Waals surface area contributed by atoms with Crippen molar-refractivity contribution in [3.05, 3.63) is 18.1 Å². The van der Waals surface area contributed by atoms with Crippen molar-refractivity contribution in [2.24, 2.45) is 5.73 Å².